The molecule has 2 bridgehead atoms. The maximum atomic E-state index is 12.9. The van der Waals surface area contributed by atoms with E-state index in [9.17, 15) is 8.42 Å². The van der Waals surface area contributed by atoms with Crippen LogP contribution in [-0.4, -0.2) is 37.9 Å². The average molecular weight is 345 g/mol. The molecule has 0 radical (unpaired) electrons. The molecule has 2 unspecified atom stereocenters. The molecule has 6 heteroatoms. The topological polar surface area (TPSA) is 49.4 Å². The number of sulfonamides is 1. The lowest BCUT2D eigenvalue weighted by molar-refractivity contribution is 0.263. The lowest BCUT2D eigenvalue weighted by atomic mass is 10.2. The van der Waals surface area contributed by atoms with E-state index in [1.807, 2.05) is 19.1 Å². The number of hydrogen-bond donors (Lipinski definition) is 1. The van der Waals surface area contributed by atoms with Gasteiger partial charge in [-0.15, -0.1) is 0 Å². The van der Waals surface area contributed by atoms with Crippen molar-refractivity contribution in [3.8, 4) is 0 Å². The lowest BCUT2D eigenvalue weighted by Gasteiger charge is -2.34. The van der Waals surface area contributed by atoms with Crippen molar-refractivity contribution in [1.82, 2.24) is 9.62 Å². The van der Waals surface area contributed by atoms with Crippen molar-refractivity contribution in [1.29, 1.82) is 0 Å². The molecule has 3 rings (SSSR count). The van der Waals surface area contributed by atoms with E-state index in [4.69, 9.17) is 0 Å². The zero-order chi connectivity index (χ0) is 13.6. The van der Waals surface area contributed by atoms with Gasteiger partial charge in [-0.2, -0.15) is 4.31 Å². The van der Waals surface area contributed by atoms with E-state index >= 15 is 0 Å². The number of aryl methyl sites for hydroxylation is 1. The van der Waals surface area contributed by atoms with Crippen molar-refractivity contribution in [3.63, 3.8) is 0 Å². The first kappa shape index (κ1) is 13.5. The summed E-state index contributed by atoms with van der Waals surface area (Å²) in [6.45, 7) is 3.38. The molecule has 1 aromatic rings. The van der Waals surface area contributed by atoms with Crippen LogP contribution in [0.4, 0.5) is 0 Å². The summed E-state index contributed by atoms with van der Waals surface area (Å²) in [6, 6.07) is 5.66. The molecule has 2 aliphatic heterocycles. The van der Waals surface area contributed by atoms with E-state index in [1.54, 1.807) is 10.4 Å². The molecule has 2 aliphatic rings. The number of hydrogen-bond acceptors (Lipinski definition) is 3. The van der Waals surface area contributed by atoms with Crippen LogP contribution in [0.5, 0.6) is 0 Å². The fourth-order valence-corrected chi connectivity index (χ4v) is 5.73. The molecule has 4 nitrogen and oxygen atoms in total. The molecule has 2 heterocycles. The van der Waals surface area contributed by atoms with Gasteiger partial charge >= 0.3 is 0 Å². The first-order valence-electron chi connectivity index (χ1n) is 6.50. The summed E-state index contributed by atoms with van der Waals surface area (Å²) in [7, 11) is -3.39. The monoisotopic (exact) mass is 344 g/mol. The van der Waals surface area contributed by atoms with Gasteiger partial charge in [-0.05, 0) is 37.5 Å². The van der Waals surface area contributed by atoms with Gasteiger partial charge in [0.2, 0.25) is 10.0 Å². The fourth-order valence-electron chi connectivity index (χ4n) is 3.10. The largest absolute Gasteiger partial charge is 0.314 e. The summed E-state index contributed by atoms with van der Waals surface area (Å²) >= 11 is 3.36. The molecule has 0 aliphatic carbocycles. The summed E-state index contributed by atoms with van der Waals surface area (Å²) < 4.78 is 28.3. The minimum absolute atomic E-state index is 0.113. The summed E-state index contributed by atoms with van der Waals surface area (Å²) in [5, 5.41) is 3.31. The van der Waals surface area contributed by atoms with Crippen LogP contribution in [-0.2, 0) is 10.0 Å². The van der Waals surface area contributed by atoms with Crippen LogP contribution < -0.4 is 5.32 Å². The second-order valence-corrected chi connectivity index (χ2v) is 8.02. The first-order valence-corrected chi connectivity index (χ1v) is 8.74. The van der Waals surface area contributed by atoms with Crippen LogP contribution >= 0.6 is 15.9 Å². The summed E-state index contributed by atoms with van der Waals surface area (Å²) in [5.74, 6) is 0. The highest BCUT2D eigenvalue weighted by Crippen LogP contribution is 2.34. The van der Waals surface area contributed by atoms with Gasteiger partial charge in [-0.1, -0.05) is 22.0 Å². The number of fused-ring (bicyclic) bond motifs is 2. The van der Waals surface area contributed by atoms with Crippen molar-refractivity contribution < 1.29 is 8.42 Å². The highest BCUT2D eigenvalue weighted by molar-refractivity contribution is 9.10. The van der Waals surface area contributed by atoms with Crippen LogP contribution in [0, 0.1) is 6.92 Å². The molecule has 1 N–H and O–H groups in total. The number of rotatable bonds is 2. The Balaban J connectivity index is 2.05. The highest BCUT2D eigenvalue weighted by Gasteiger charge is 2.44. The van der Waals surface area contributed by atoms with Crippen LogP contribution in [0.15, 0.2) is 27.6 Å². The van der Waals surface area contributed by atoms with Gasteiger partial charge in [0.25, 0.3) is 0 Å². The molecule has 2 saturated heterocycles. The molecule has 0 spiro atoms. The molecule has 2 atom stereocenters. The predicted octanol–water partition coefficient (Wildman–Crippen LogP) is 1.88. The Morgan fingerprint density at radius 2 is 1.89 bits per heavy atom. The number of piperazine rings is 1. The Kier molecular flexibility index (Phi) is 3.45. The normalized spacial score (nSPS) is 27.7. The first-order chi connectivity index (χ1) is 9.00. The molecule has 1 aromatic carbocycles. The van der Waals surface area contributed by atoms with E-state index in [2.05, 4.69) is 21.2 Å². The fraction of sp³-hybridized carbons (Fsp3) is 0.538. The average Bonchev–Trinajstić information content (AvgIpc) is 2.64. The lowest BCUT2D eigenvalue weighted by Crippen LogP contribution is -2.54. The van der Waals surface area contributed by atoms with E-state index in [0.717, 1.165) is 36.0 Å². The van der Waals surface area contributed by atoms with Gasteiger partial charge in [0.15, 0.2) is 0 Å². The van der Waals surface area contributed by atoms with Crippen LogP contribution in [0.25, 0.3) is 0 Å². The number of nitrogens with one attached hydrogen (secondary N) is 1. The van der Waals surface area contributed by atoms with Gasteiger partial charge in [0, 0.05) is 29.6 Å². The maximum Gasteiger partial charge on any atom is 0.243 e. The molecule has 0 amide bonds. The zero-order valence-electron chi connectivity index (χ0n) is 10.8. The third kappa shape index (κ3) is 2.24. The van der Waals surface area contributed by atoms with Gasteiger partial charge in [-0.25, -0.2) is 8.42 Å². The highest BCUT2D eigenvalue weighted by atomic mass is 79.9. The minimum atomic E-state index is -3.39. The smallest absolute Gasteiger partial charge is 0.243 e. The van der Waals surface area contributed by atoms with E-state index in [0.29, 0.717) is 4.90 Å². The van der Waals surface area contributed by atoms with Crippen molar-refractivity contribution in [2.45, 2.75) is 36.7 Å². The third-order valence-electron chi connectivity index (χ3n) is 4.02. The van der Waals surface area contributed by atoms with Crippen LogP contribution in [0.3, 0.4) is 0 Å². The molecule has 104 valence electrons. The minimum Gasteiger partial charge on any atom is -0.314 e. The predicted molar refractivity (Wildman–Crippen MR) is 77.6 cm³/mol. The van der Waals surface area contributed by atoms with Gasteiger partial charge in [0.05, 0.1) is 4.90 Å². The Labute approximate surface area is 122 Å². The molecule has 19 heavy (non-hydrogen) atoms. The number of halogens is 1. The van der Waals surface area contributed by atoms with Crippen molar-refractivity contribution in [3.05, 3.63) is 28.2 Å². The standard InChI is InChI=1S/C13H17BrN2O2S/c1-9-2-3-10(14)6-13(9)19(17,18)16-11-4-5-12(16)8-15-7-11/h2-3,6,11-12,15H,4-5,7-8H2,1H3. The van der Waals surface area contributed by atoms with Gasteiger partial charge in [0.1, 0.15) is 0 Å². The molecule has 0 aromatic heterocycles. The van der Waals surface area contributed by atoms with Gasteiger partial charge in [-0.3, -0.25) is 0 Å². The van der Waals surface area contributed by atoms with Crippen molar-refractivity contribution >= 4 is 26.0 Å². The van der Waals surface area contributed by atoms with E-state index in [1.165, 1.54) is 0 Å². The van der Waals surface area contributed by atoms with Gasteiger partial charge < -0.3 is 5.32 Å². The summed E-state index contributed by atoms with van der Waals surface area (Å²) in [4.78, 5) is 0.431. The Morgan fingerprint density at radius 3 is 2.53 bits per heavy atom. The SMILES string of the molecule is Cc1ccc(Br)cc1S(=O)(=O)N1C2CCC1CNC2. The van der Waals surface area contributed by atoms with E-state index in [-0.39, 0.29) is 12.1 Å². The molecule has 0 saturated carbocycles. The maximum absolute atomic E-state index is 12.9. The second kappa shape index (κ2) is 4.84. The molecular formula is C13H17BrN2O2S. The quantitative estimate of drug-likeness (QED) is 0.891. The Morgan fingerprint density at radius 1 is 1.26 bits per heavy atom. The zero-order valence-corrected chi connectivity index (χ0v) is 13.2. The molecule has 2 fully saturated rings. The van der Waals surface area contributed by atoms with Crippen LogP contribution in [0.2, 0.25) is 0 Å². The summed E-state index contributed by atoms with van der Waals surface area (Å²) in [5.41, 5.74) is 0.807. The van der Waals surface area contributed by atoms with Crippen molar-refractivity contribution in [2.75, 3.05) is 13.1 Å². The van der Waals surface area contributed by atoms with E-state index < -0.39 is 10.0 Å². The molecular weight excluding hydrogens is 328 g/mol. The third-order valence-corrected chi connectivity index (χ3v) is 6.66. The van der Waals surface area contributed by atoms with Crippen molar-refractivity contribution in [2.24, 2.45) is 0 Å². The number of nitrogens with zero attached hydrogens (tertiary/aromatic N) is 1. The number of benzene rings is 1. The Bertz CT molecular complexity index is 587. The second-order valence-electron chi connectivity index (χ2n) is 5.29. The van der Waals surface area contributed by atoms with Crippen LogP contribution in [0.1, 0.15) is 18.4 Å². The summed E-state index contributed by atoms with van der Waals surface area (Å²) in [6.07, 6.45) is 1.92. The Hall–Kier alpha value is -0.430.